The van der Waals surface area contributed by atoms with E-state index in [4.69, 9.17) is 0 Å². The molecule has 0 fully saturated rings. The van der Waals surface area contributed by atoms with Gasteiger partial charge in [0.2, 0.25) is 5.91 Å². The quantitative estimate of drug-likeness (QED) is 0.833. The molecule has 1 heterocycles. The van der Waals surface area contributed by atoms with Crippen LogP contribution in [0.5, 0.6) is 0 Å². The average molecular weight is 214 g/mol. The number of hydrogen-bond acceptors (Lipinski definition) is 1. The van der Waals surface area contributed by atoms with Gasteiger partial charge in [0.15, 0.2) is 0 Å². The third-order valence-corrected chi connectivity index (χ3v) is 2.32. The minimum Gasteiger partial charge on any atom is -0.354 e. The van der Waals surface area contributed by atoms with Crippen molar-refractivity contribution < 1.29 is 4.79 Å². The van der Waals surface area contributed by atoms with Crippen LogP contribution in [0, 0.1) is 0 Å². The summed E-state index contributed by atoms with van der Waals surface area (Å²) in [6.07, 6.45) is 4.40. The second kappa shape index (κ2) is 5.16. The summed E-state index contributed by atoms with van der Waals surface area (Å²) in [6.45, 7) is 0.714. The van der Waals surface area contributed by atoms with E-state index in [0.717, 1.165) is 5.69 Å². The molecule has 0 atom stereocenters. The van der Waals surface area contributed by atoms with Crippen molar-refractivity contribution in [2.45, 2.75) is 13.0 Å². The van der Waals surface area contributed by atoms with E-state index >= 15 is 0 Å². The van der Waals surface area contributed by atoms with Gasteiger partial charge in [-0.3, -0.25) is 4.79 Å². The lowest BCUT2D eigenvalue weighted by Crippen LogP contribution is -2.13. The van der Waals surface area contributed by atoms with Gasteiger partial charge < -0.3 is 9.88 Å². The van der Waals surface area contributed by atoms with E-state index in [1.54, 1.807) is 0 Å². The molecule has 0 aliphatic rings. The van der Waals surface area contributed by atoms with Gasteiger partial charge in [-0.25, -0.2) is 0 Å². The number of nitrogens with one attached hydrogen (secondary N) is 1. The molecule has 0 aliphatic carbocycles. The van der Waals surface area contributed by atoms with Crippen molar-refractivity contribution in [2.75, 3.05) is 5.32 Å². The van der Waals surface area contributed by atoms with E-state index < -0.39 is 0 Å². The zero-order valence-electron chi connectivity index (χ0n) is 8.97. The largest absolute Gasteiger partial charge is 0.354 e. The second-order valence-electron chi connectivity index (χ2n) is 3.59. The summed E-state index contributed by atoms with van der Waals surface area (Å²) in [7, 11) is 0. The van der Waals surface area contributed by atoms with Gasteiger partial charge in [-0.05, 0) is 24.3 Å². The molecule has 82 valence electrons. The number of aromatic nitrogens is 1. The highest BCUT2D eigenvalue weighted by molar-refractivity contribution is 5.90. The molecule has 0 saturated carbocycles. The zero-order chi connectivity index (χ0) is 11.2. The second-order valence-corrected chi connectivity index (χ2v) is 3.59. The molecule has 2 aromatic rings. The summed E-state index contributed by atoms with van der Waals surface area (Å²) >= 11 is 0. The maximum atomic E-state index is 11.6. The Bertz CT molecular complexity index is 434. The minimum atomic E-state index is 0.0416. The van der Waals surface area contributed by atoms with Gasteiger partial charge in [-0.1, -0.05) is 18.2 Å². The van der Waals surface area contributed by atoms with Crippen molar-refractivity contribution in [3.05, 3.63) is 54.9 Å². The Kier molecular flexibility index (Phi) is 3.38. The van der Waals surface area contributed by atoms with Gasteiger partial charge in [0, 0.05) is 31.0 Å². The highest BCUT2D eigenvalue weighted by atomic mass is 16.1. The molecule has 0 bridgehead atoms. The number of carbonyl (C=O) groups is 1. The molecule has 3 heteroatoms. The molecule has 0 unspecified atom stereocenters. The van der Waals surface area contributed by atoms with E-state index in [9.17, 15) is 4.79 Å². The number of rotatable bonds is 4. The number of carbonyl (C=O) groups excluding carboxylic acids is 1. The predicted octanol–water partition coefficient (Wildman–Crippen LogP) is 2.52. The lowest BCUT2D eigenvalue weighted by atomic mass is 10.3. The molecular weight excluding hydrogens is 200 g/mol. The van der Waals surface area contributed by atoms with Gasteiger partial charge in [0.1, 0.15) is 0 Å². The number of hydrogen-bond donors (Lipinski definition) is 1. The summed E-state index contributed by atoms with van der Waals surface area (Å²) in [4.78, 5) is 11.6. The number of aryl methyl sites for hydroxylation is 1. The van der Waals surface area contributed by atoms with Crippen LogP contribution < -0.4 is 5.32 Å². The standard InChI is InChI=1S/C13H14N2O/c16-13(8-11-15-9-4-5-10-15)14-12-6-2-1-3-7-12/h1-7,9-10H,8,11H2,(H,14,16). The number of amides is 1. The van der Waals surface area contributed by atoms with E-state index in [-0.39, 0.29) is 5.91 Å². The Balaban J connectivity index is 1.81. The van der Waals surface area contributed by atoms with Crippen LogP contribution in [-0.4, -0.2) is 10.5 Å². The Morgan fingerprint density at radius 2 is 1.75 bits per heavy atom. The van der Waals surface area contributed by atoms with Crippen LogP contribution in [0.3, 0.4) is 0 Å². The third-order valence-electron chi connectivity index (χ3n) is 2.32. The molecule has 0 spiro atoms. The molecule has 0 radical (unpaired) electrons. The summed E-state index contributed by atoms with van der Waals surface area (Å²) < 4.78 is 1.99. The SMILES string of the molecule is O=C(CCn1cccc1)Nc1ccccc1. The molecule has 3 nitrogen and oxygen atoms in total. The molecule has 1 aromatic carbocycles. The van der Waals surface area contributed by atoms with Crippen molar-refractivity contribution in [3.63, 3.8) is 0 Å². The lowest BCUT2D eigenvalue weighted by Gasteiger charge is -2.05. The fourth-order valence-corrected chi connectivity index (χ4v) is 1.49. The van der Waals surface area contributed by atoms with Crippen LogP contribution in [0.25, 0.3) is 0 Å². The summed E-state index contributed by atoms with van der Waals surface area (Å²) in [6, 6.07) is 13.4. The van der Waals surface area contributed by atoms with Crippen LogP contribution >= 0.6 is 0 Å². The van der Waals surface area contributed by atoms with Crippen LogP contribution in [0.15, 0.2) is 54.9 Å². The van der Waals surface area contributed by atoms with Crippen molar-refractivity contribution in [1.29, 1.82) is 0 Å². The summed E-state index contributed by atoms with van der Waals surface area (Å²) in [5.41, 5.74) is 0.847. The fraction of sp³-hybridized carbons (Fsp3) is 0.154. The highest BCUT2D eigenvalue weighted by Gasteiger charge is 2.01. The summed E-state index contributed by atoms with van der Waals surface area (Å²) in [5.74, 6) is 0.0416. The first kappa shape index (κ1) is 10.5. The Morgan fingerprint density at radius 3 is 2.44 bits per heavy atom. The first-order valence-corrected chi connectivity index (χ1v) is 5.30. The van der Waals surface area contributed by atoms with E-state index in [1.165, 1.54) is 0 Å². The molecule has 0 saturated heterocycles. The van der Waals surface area contributed by atoms with Crippen LogP contribution in [0.1, 0.15) is 6.42 Å². The maximum Gasteiger partial charge on any atom is 0.226 e. The Morgan fingerprint density at radius 1 is 1.06 bits per heavy atom. The van der Waals surface area contributed by atoms with Gasteiger partial charge in [0.05, 0.1) is 0 Å². The van der Waals surface area contributed by atoms with Crippen molar-refractivity contribution >= 4 is 11.6 Å². The Labute approximate surface area is 94.7 Å². The molecule has 1 aromatic heterocycles. The molecule has 0 aliphatic heterocycles. The number of nitrogens with zero attached hydrogens (tertiary/aromatic N) is 1. The number of para-hydroxylation sites is 1. The van der Waals surface area contributed by atoms with Crippen LogP contribution in [0.4, 0.5) is 5.69 Å². The average Bonchev–Trinajstić information content (AvgIpc) is 2.81. The van der Waals surface area contributed by atoms with Gasteiger partial charge in [-0.2, -0.15) is 0 Å². The van der Waals surface area contributed by atoms with Gasteiger partial charge >= 0.3 is 0 Å². The van der Waals surface area contributed by atoms with E-state index in [1.807, 2.05) is 59.4 Å². The van der Waals surface area contributed by atoms with Crippen molar-refractivity contribution in [2.24, 2.45) is 0 Å². The number of anilines is 1. The number of benzene rings is 1. The highest BCUT2D eigenvalue weighted by Crippen LogP contribution is 2.05. The third kappa shape index (κ3) is 2.98. The summed E-state index contributed by atoms with van der Waals surface area (Å²) in [5, 5.41) is 2.85. The topological polar surface area (TPSA) is 34.0 Å². The fourth-order valence-electron chi connectivity index (χ4n) is 1.49. The van der Waals surface area contributed by atoms with E-state index in [2.05, 4.69) is 5.32 Å². The smallest absolute Gasteiger partial charge is 0.226 e. The van der Waals surface area contributed by atoms with Gasteiger partial charge in [-0.15, -0.1) is 0 Å². The molecular formula is C13H14N2O. The van der Waals surface area contributed by atoms with Crippen molar-refractivity contribution in [1.82, 2.24) is 4.57 Å². The first-order valence-electron chi connectivity index (χ1n) is 5.30. The molecule has 1 amide bonds. The van der Waals surface area contributed by atoms with Gasteiger partial charge in [0.25, 0.3) is 0 Å². The normalized spacial score (nSPS) is 10.0. The molecule has 16 heavy (non-hydrogen) atoms. The maximum absolute atomic E-state index is 11.6. The molecule has 1 N–H and O–H groups in total. The minimum absolute atomic E-state index is 0.0416. The van der Waals surface area contributed by atoms with Crippen molar-refractivity contribution in [3.8, 4) is 0 Å². The lowest BCUT2D eigenvalue weighted by molar-refractivity contribution is -0.116. The Hall–Kier alpha value is -2.03. The monoisotopic (exact) mass is 214 g/mol. The predicted molar refractivity (Wildman–Crippen MR) is 64.1 cm³/mol. The first-order chi connectivity index (χ1) is 7.84. The zero-order valence-corrected chi connectivity index (χ0v) is 8.97. The molecule has 2 rings (SSSR count). The van der Waals surface area contributed by atoms with Crippen LogP contribution in [0.2, 0.25) is 0 Å². The van der Waals surface area contributed by atoms with E-state index in [0.29, 0.717) is 13.0 Å². The van der Waals surface area contributed by atoms with Crippen LogP contribution in [-0.2, 0) is 11.3 Å².